The molecule has 2 fully saturated rings. The number of carbonyl (C=O) groups excluding carboxylic acids is 4. The number of esters is 4. The van der Waals surface area contributed by atoms with Crippen LogP contribution in [0.4, 0.5) is 0 Å². The minimum atomic E-state index is -0.314. The van der Waals surface area contributed by atoms with Crippen molar-refractivity contribution in [2.24, 2.45) is 11.8 Å². The number of rotatable bonds is 30. The first-order valence-electron chi connectivity index (χ1n) is 30.7. The molecule has 2 aliphatic rings. The third-order valence-corrected chi connectivity index (χ3v) is 18.9. The SMILES string of the molecule is C=C(C)C(=O)OCCCCCCCCOc1ccc(C2CCC(C(=O)Oc3c4cc(-c5ccccc5)sc4c(OC(=O)C4CCC(c5ccc(OCCCCCCCCOC(=O)C(=C)C)cc5)CC4)c4cc(-c5ccccc5)sc34)CC2)cc1. The lowest BCUT2D eigenvalue weighted by atomic mass is 9.79. The number of fused-ring (bicyclic) bond motifs is 2. The highest BCUT2D eigenvalue weighted by Gasteiger charge is 2.34. The van der Waals surface area contributed by atoms with Crippen LogP contribution in [-0.2, 0) is 28.7 Å². The maximum atomic E-state index is 14.6. The van der Waals surface area contributed by atoms with Gasteiger partial charge in [0.25, 0.3) is 0 Å². The minimum absolute atomic E-state index is 0.216. The van der Waals surface area contributed by atoms with Crippen molar-refractivity contribution in [3.05, 3.63) is 157 Å². The van der Waals surface area contributed by atoms with E-state index in [1.807, 2.05) is 36.4 Å². The highest BCUT2D eigenvalue weighted by molar-refractivity contribution is 7.24. The van der Waals surface area contributed by atoms with Crippen molar-refractivity contribution < 1.29 is 47.6 Å². The van der Waals surface area contributed by atoms with E-state index >= 15 is 0 Å². The van der Waals surface area contributed by atoms with Crippen LogP contribution in [0.15, 0.2) is 146 Å². The Morgan fingerprint density at radius 1 is 0.429 bits per heavy atom. The molecule has 0 aliphatic heterocycles. The molecule has 7 aromatic rings. The second-order valence-corrected chi connectivity index (χ2v) is 25.1. The molecule has 84 heavy (non-hydrogen) atoms. The maximum absolute atomic E-state index is 14.6. The number of hydrogen-bond donors (Lipinski definition) is 0. The van der Waals surface area contributed by atoms with Crippen molar-refractivity contribution in [2.75, 3.05) is 26.4 Å². The molecule has 0 saturated heterocycles. The zero-order chi connectivity index (χ0) is 58.6. The van der Waals surface area contributed by atoms with Crippen molar-refractivity contribution in [3.63, 3.8) is 0 Å². The molecular formula is C72H82O10S2. The molecule has 2 heterocycles. The van der Waals surface area contributed by atoms with Gasteiger partial charge in [-0.3, -0.25) is 9.59 Å². The largest absolute Gasteiger partial charge is 0.494 e. The van der Waals surface area contributed by atoms with Crippen LogP contribution in [0.5, 0.6) is 23.0 Å². The first-order valence-corrected chi connectivity index (χ1v) is 32.3. The van der Waals surface area contributed by atoms with Crippen molar-refractivity contribution in [2.45, 2.75) is 154 Å². The van der Waals surface area contributed by atoms with Gasteiger partial charge in [-0.2, -0.15) is 0 Å². The highest BCUT2D eigenvalue weighted by atomic mass is 32.1. The monoisotopic (exact) mass is 1170 g/mol. The number of unbranched alkanes of at least 4 members (excludes halogenated alkanes) is 10. The molecule has 0 atom stereocenters. The Balaban J connectivity index is 0.804. The predicted molar refractivity (Wildman–Crippen MR) is 340 cm³/mol. The van der Waals surface area contributed by atoms with Crippen LogP contribution in [0.1, 0.15) is 165 Å². The highest BCUT2D eigenvalue weighted by Crippen LogP contribution is 2.53. The van der Waals surface area contributed by atoms with Crippen LogP contribution in [-0.4, -0.2) is 50.3 Å². The van der Waals surface area contributed by atoms with Gasteiger partial charge in [0.1, 0.15) is 11.5 Å². The van der Waals surface area contributed by atoms with E-state index in [0.29, 0.717) is 60.9 Å². The molecule has 9 rings (SSSR count). The van der Waals surface area contributed by atoms with Gasteiger partial charge >= 0.3 is 23.9 Å². The zero-order valence-corrected chi connectivity index (χ0v) is 50.8. The summed E-state index contributed by atoms with van der Waals surface area (Å²) < 4.78 is 37.6. The van der Waals surface area contributed by atoms with Crippen LogP contribution >= 0.6 is 22.7 Å². The molecule has 5 aromatic carbocycles. The van der Waals surface area contributed by atoms with Gasteiger partial charge in [0.15, 0.2) is 11.5 Å². The molecule has 0 bridgehead atoms. The Morgan fingerprint density at radius 2 is 0.762 bits per heavy atom. The Labute approximate surface area is 504 Å². The average Bonchev–Trinajstić information content (AvgIpc) is 2.44. The van der Waals surface area contributed by atoms with Gasteiger partial charge in [0.05, 0.1) is 47.7 Å². The Morgan fingerprint density at radius 3 is 1.11 bits per heavy atom. The molecule has 442 valence electrons. The number of thiophene rings is 2. The number of carbonyl (C=O) groups is 4. The maximum Gasteiger partial charge on any atom is 0.333 e. The Hall–Kier alpha value is -7.02. The van der Waals surface area contributed by atoms with Gasteiger partial charge < -0.3 is 28.4 Å². The van der Waals surface area contributed by atoms with Gasteiger partial charge in [-0.1, -0.05) is 149 Å². The van der Waals surface area contributed by atoms with E-state index in [9.17, 15) is 19.2 Å². The molecule has 2 saturated carbocycles. The summed E-state index contributed by atoms with van der Waals surface area (Å²) in [6.07, 6.45) is 18.9. The second-order valence-electron chi connectivity index (χ2n) is 22.9. The molecule has 0 spiro atoms. The summed E-state index contributed by atoms with van der Waals surface area (Å²) >= 11 is 3.15. The van der Waals surface area contributed by atoms with E-state index in [1.54, 1.807) is 36.5 Å². The summed E-state index contributed by atoms with van der Waals surface area (Å²) in [4.78, 5) is 54.2. The van der Waals surface area contributed by atoms with Gasteiger partial charge in [-0.25, -0.2) is 9.59 Å². The van der Waals surface area contributed by atoms with Gasteiger partial charge in [-0.05, 0) is 161 Å². The summed E-state index contributed by atoms with van der Waals surface area (Å²) in [6.45, 7) is 12.8. The fourth-order valence-electron chi connectivity index (χ4n) is 11.5. The molecule has 12 heteroatoms. The molecule has 10 nitrogen and oxygen atoms in total. The molecule has 0 amide bonds. The topological polar surface area (TPSA) is 124 Å². The molecule has 0 N–H and O–H groups in total. The summed E-state index contributed by atoms with van der Waals surface area (Å²) in [5, 5.41) is 1.55. The van der Waals surface area contributed by atoms with Crippen LogP contribution in [0.3, 0.4) is 0 Å². The standard InChI is InChI=1S/C72H82O10S2/c1-49(2)69(73)79-45-21-11-7-5-9-19-43-77-59-39-35-53(36-40-59)51-27-31-57(32-28-51)71(75)81-65-61-47-63(55-23-15-13-16-24-55)84-68(61)66(62-48-64(83-67(62)65)56-25-17-14-18-26-56)82-72(76)58-33-29-52(30-34-58)54-37-41-60(42-38-54)78-44-20-10-6-8-12-22-46-80-70(74)50(3)4/h13-18,23-26,35-42,47-48,51-52,57-58H,1,3,5-12,19-22,27-34,43-46H2,2,4H3. The van der Waals surface area contributed by atoms with Crippen LogP contribution in [0, 0.1) is 11.8 Å². The van der Waals surface area contributed by atoms with E-state index in [1.165, 1.54) is 11.1 Å². The van der Waals surface area contributed by atoms with E-state index in [-0.39, 0.29) is 35.7 Å². The summed E-state index contributed by atoms with van der Waals surface area (Å²) in [6, 6.07) is 41.7. The lowest BCUT2D eigenvalue weighted by Crippen LogP contribution is -2.25. The summed E-state index contributed by atoms with van der Waals surface area (Å²) in [7, 11) is 0. The Bertz CT molecular complexity index is 3010. The number of ether oxygens (including phenoxy) is 6. The zero-order valence-electron chi connectivity index (χ0n) is 49.1. The summed E-state index contributed by atoms with van der Waals surface area (Å²) in [5.74, 6) is 1.96. The molecular weight excluding hydrogens is 1090 g/mol. The summed E-state index contributed by atoms with van der Waals surface area (Å²) in [5.41, 5.74) is 5.49. The van der Waals surface area contributed by atoms with Crippen molar-refractivity contribution >= 4 is 66.7 Å². The average molecular weight is 1170 g/mol. The molecule has 2 aromatic heterocycles. The first kappa shape index (κ1) is 61.5. The molecule has 0 radical (unpaired) electrons. The van der Waals surface area contributed by atoms with Crippen LogP contribution in [0.25, 0.3) is 41.1 Å². The normalized spacial score (nSPS) is 16.9. The fourth-order valence-corrected chi connectivity index (χ4v) is 13.9. The van der Waals surface area contributed by atoms with Crippen molar-refractivity contribution in [1.82, 2.24) is 0 Å². The number of benzene rings is 5. The van der Waals surface area contributed by atoms with E-state index in [0.717, 1.165) is 181 Å². The predicted octanol–water partition coefficient (Wildman–Crippen LogP) is 18.9. The van der Waals surface area contributed by atoms with Gasteiger partial charge in [0.2, 0.25) is 0 Å². The fraction of sp³-hybridized carbons (Fsp3) is 0.417. The quantitative estimate of drug-likeness (QED) is 0.0186. The number of hydrogen-bond acceptors (Lipinski definition) is 12. The second kappa shape index (κ2) is 31.2. The van der Waals surface area contributed by atoms with E-state index in [4.69, 9.17) is 28.4 Å². The van der Waals surface area contributed by atoms with Crippen molar-refractivity contribution in [1.29, 1.82) is 0 Å². The Kier molecular flexibility index (Phi) is 22.9. The van der Waals surface area contributed by atoms with Crippen LogP contribution in [0.2, 0.25) is 0 Å². The minimum Gasteiger partial charge on any atom is -0.494 e. The lowest BCUT2D eigenvalue weighted by molar-refractivity contribution is -0.140. The van der Waals surface area contributed by atoms with Gasteiger partial charge in [0, 0.05) is 31.7 Å². The third kappa shape index (κ3) is 17.1. The lowest BCUT2D eigenvalue weighted by Gasteiger charge is -2.28. The van der Waals surface area contributed by atoms with E-state index in [2.05, 4.69) is 98.1 Å². The first-order chi connectivity index (χ1) is 41.0. The van der Waals surface area contributed by atoms with E-state index < -0.39 is 0 Å². The van der Waals surface area contributed by atoms with Crippen LogP contribution < -0.4 is 18.9 Å². The van der Waals surface area contributed by atoms with Crippen molar-refractivity contribution in [3.8, 4) is 43.9 Å². The smallest absolute Gasteiger partial charge is 0.333 e. The van der Waals surface area contributed by atoms with Gasteiger partial charge in [-0.15, -0.1) is 22.7 Å². The molecule has 0 unspecified atom stereocenters. The third-order valence-electron chi connectivity index (χ3n) is 16.5. The molecule has 2 aliphatic carbocycles.